The lowest BCUT2D eigenvalue weighted by molar-refractivity contribution is 0.129. The minimum absolute atomic E-state index is 0.139. The van der Waals surface area contributed by atoms with E-state index < -0.39 is 0 Å². The molecule has 5 heteroatoms. The summed E-state index contributed by atoms with van der Waals surface area (Å²) in [6.45, 7) is 7.31. The van der Waals surface area contributed by atoms with Crippen LogP contribution < -0.4 is 10.6 Å². The third kappa shape index (κ3) is 6.91. The molecule has 1 atom stereocenters. The molecule has 1 aromatic carbocycles. The van der Waals surface area contributed by atoms with Crippen LogP contribution in [0.5, 0.6) is 0 Å². The number of hydrogen-bond donors (Lipinski definition) is 3. The van der Waals surface area contributed by atoms with Gasteiger partial charge in [-0.15, -0.1) is 0 Å². The maximum atomic E-state index is 11.9. The number of nitrogens with one attached hydrogen (secondary N) is 2. The van der Waals surface area contributed by atoms with E-state index in [4.69, 9.17) is 4.74 Å². The Kier molecular flexibility index (Phi) is 7.35. The molecule has 0 saturated heterocycles. The summed E-state index contributed by atoms with van der Waals surface area (Å²) >= 11 is 0. The number of benzene rings is 1. The fourth-order valence-corrected chi connectivity index (χ4v) is 2.46. The molecule has 0 radical (unpaired) electrons. The molecule has 0 bridgehead atoms. The minimum Gasteiger partial charge on any atom is -0.393 e. The molecule has 22 heavy (non-hydrogen) atoms. The van der Waals surface area contributed by atoms with Crippen LogP contribution in [0.25, 0.3) is 0 Å². The van der Waals surface area contributed by atoms with E-state index in [-0.39, 0.29) is 17.6 Å². The van der Waals surface area contributed by atoms with E-state index >= 15 is 0 Å². The quantitative estimate of drug-likeness (QED) is 0.691. The molecular weight excluding hydrogens is 280 g/mol. The van der Waals surface area contributed by atoms with E-state index in [9.17, 15) is 9.90 Å². The smallest absolute Gasteiger partial charge is 0.315 e. The van der Waals surface area contributed by atoms with Gasteiger partial charge in [0.25, 0.3) is 0 Å². The Morgan fingerprint density at radius 1 is 1.27 bits per heavy atom. The number of ether oxygens (including phenoxy) is 1. The summed E-state index contributed by atoms with van der Waals surface area (Å²) in [7, 11) is 1.65. The first-order valence-electron chi connectivity index (χ1n) is 7.59. The van der Waals surface area contributed by atoms with Crippen LogP contribution in [0.4, 0.5) is 4.79 Å². The number of amides is 2. The lowest BCUT2D eigenvalue weighted by Gasteiger charge is -2.26. The van der Waals surface area contributed by atoms with Gasteiger partial charge in [-0.05, 0) is 29.9 Å². The molecule has 3 N–H and O–H groups in total. The average Bonchev–Trinajstić information content (AvgIpc) is 2.43. The highest BCUT2D eigenvalue weighted by Crippen LogP contribution is 2.20. The zero-order chi connectivity index (χ0) is 16.6. The summed E-state index contributed by atoms with van der Waals surface area (Å²) in [5.41, 5.74) is 1.97. The van der Waals surface area contributed by atoms with E-state index in [0.717, 1.165) is 11.1 Å². The molecule has 1 rings (SSSR count). The average molecular weight is 308 g/mol. The molecule has 1 unspecified atom stereocenters. The van der Waals surface area contributed by atoms with Gasteiger partial charge in [0.05, 0.1) is 12.7 Å². The molecule has 0 heterocycles. The Morgan fingerprint density at radius 2 is 1.91 bits per heavy atom. The number of methoxy groups -OCH3 is 1. The predicted molar refractivity (Wildman–Crippen MR) is 87.5 cm³/mol. The third-order valence-corrected chi connectivity index (χ3v) is 3.43. The van der Waals surface area contributed by atoms with Crippen molar-refractivity contribution in [1.29, 1.82) is 0 Å². The van der Waals surface area contributed by atoms with Gasteiger partial charge in [0.15, 0.2) is 0 Å². The molecule has 5 nitrogen and oxygen atoms in total. The Bertz CT molecular complexity index is 473. The number of hydrogen-bond acceptors (Lipinski definition) is 3. The Balaban J connectivity index is 2.43. The molecule has 0 saturated carbocycles. The molecule has 0 aromatic heterocycles. The molecule has 2 amide bonds. The zero-order valence-corrected chi connectivity index (χ0v) is 14.0. The van der Waals surface area contributed by atoms with Gasteiger partial charge < -0.3 is 20.5 Å². The van der Waals surface area contributed by atoms with Crippen LogP contribution in [0.15, 0.2) is 24.3 Å². The van der Waals surface area contributed by atoms with Crippen LogP contribution >= 0.6 is 0 Å². The van der Waals surface area contributed by atoms with Crippen molar-refractivity contribution < 1.29 is 14.6 Å². The first kappa shape index (κ1) is 18.5. The monoisotopic (exact) mass is 308 g/mol. The van der Waals surface area contributed by atoms with E-state index in [2.05, 4.69) is 10.6 Å². The normalized spacial score (nSPS) is 12.8. The van der Waals surface area contributed by atoms with E-state index in [0.29, 0.717) is 26.1 Å². The molecule has 0 aliphatic carbocycles. The van der Waals surface area contributed by atoms with E-state index in [1.807, 2.05) is 38.1 Å². The van der Waals surface area contributed by atoms with Crippen LogP contribution in [0, 0.1) is 5.41 Å². The maximum Gasteiger partial charge on any atom is 0.315 e. The van der Waals surface area contributed by atoms with Gasteiger partial charge in [-0.1, -0.05) is 38.1 Å². The standard InChI is InChI=1S/C17H28N2O3/c1-13(20)9-17(2,3)12-19-16(21)18-10-14-7-5-6-8-15(14)11-22-4/h5-8,13,20H,9-12H2,1-4H3,(H2,18,19,21). The lowest BCUT2D eigenvalue weighted by Crippen LogP contribution is -2.41. The van der Waals surface area contributed by atoms with E-state index in [1.54, 1.807) is 14.0 Å². The van der Waals surface area contributed by atoms with Crippen molar-refractivity contribution in [2.75, 3.05) is 13.7 Å². The number of urea groups is 1. The Labute approximate surface area is 133 Å². The second-order valence-electron chi connectivity index (χ2n) is 6.46. The highest BCUT2D eigenvalue weighted by atomic mass is 16.5. The van der Waals surface area contributed by atoms with Crippen molar-refractivity contribution in [1.82, 2.24) is 10.6 Å². The highest BCUT2D eigenvalue weighted by Gasteiger charge is 2.21. The van der Waals surface area contributed by atoms with Gasteiger partial charge in [-0.3, -0.25) is 0 Å². The van der Waals surface area contributed by atoms with Crippen LogP contribution in [-0.2, 0) is 17.9 Å². The van der Waals surface area contributed by atoms with Gasteiger partial charge >= 0.3 is 6.03 Å². The summed E-state index contributed by atoms with van der Waals surface area (Å²) in [5.74, 6) is 0. The molecule has 0 spiro atoms. The topological polar surface area (TPSA) is 70.6 Å². The molecular formula is C17H28N2O3. The summed E-state index contributed by atoms with van der Waals surface area (Å²) in [5, 5.41) is 15.2. The molecule has 0 fully saturated rings. The number of carbonyl (C=O) groups excluding carboxylic acids is 1. The number of rotatable bonds is 8. The molecule has 0 aliphatic heterocycles. The molecule has 1 aromatic rings. The van der Waals surface area contributed by atoms with Gasteiger partial charge in [-0.2, -0.15) is 0 Å². The first-order valence-corrected chi connectivity index (χ1v) is 7.59. The van der Waals surface area contributed by atoms with Crippen molar-refractivity contribution >= 4 is 6.03 Å². The van der Waals surface area contributed by atoms with Crippen molar-refractivity contribution in [3.8, 4) is 0 Å². The predicted octanol–water partition coefficient (Wildman–Crippen LogP) is 2.43. The maximum absolute atomic E-state index is 11.9. The van der Waals surface area contributed by atoms with Crippen molar-refractivity contribution in [2.45, 2.75) is 46.4 Å². The fourth-order valence-electron chi connectivity index (χ4n) is 2.46. The minimum atomic E-state index is -0.374. The van der Waals surface area contributed by atoms with Crippen LogP contribution in [0.3, 0.4) is 0 Å². The van der Waals surface area contributed by atoms with Crippen LogP contribution in [0.1, 0.15) is 38.3 Å². The SMILES string of the molecule is COCc1ccccc1CNC(=O)NCC(C)(C)CC(C)O. The lowest BCUT2D eigenvalue weighted by atomic mass is 9.87. The largest absolute Gasteiger partial charge is 0.393 e. The number of aliphatic hydroxyl groups excluding tert-OH is 1. The first-order chi connectivity index (χ1) is 10.3. The van der Waals surface area contributed by atoms with Gasteiger partial charge in [0.2, 0.25) is 0 Å². The summed E-state index contributed by atoms with van der Waals surface area (Å²) in [6.07, 6.45) is 0.269. The fraction of sp³-hybridized carbons (Fsp3) is 0.588. The van der Waals surface area contributed by atoms with Crippen LogP contribution in [0.2, 0.25) is 0 Å². The zero-order valence-electron chi connectivity index (χ0n) is 14.0. The Hall–Kier alpha value is -1.59. The number of carbonyl (C=O) groups is 1. The van der Waals surface area contributed by atoms with E-state index in [1.165, 1.54) is 0 Å². The number of aliphatic hydroxyl groups is 1. The van der Waals surface area contributed by atoms with Crippen molar-refractivity contribution in [3.63, 3.8) is 0 Å². The van der Waals surface area contributed by atoms with Gasteiger partial charge in [-0.25, -0.2) is 4.79 Å². The summed E-state index contributed by atoms with van der Waals surface area (Å²) in [6, 6.07) is 7.66. The summed E-state index contributed by atoms with van der Waals surface area (Å²) < 4.78 is 5.15. The Morgan fingerprint density at radius 3 is 2.50 bits per heavy atom. The van der Waals surface area contributed by atoms with Gasteiger partial charge in [0, 0.05) is 20.2 Å². The second-order valence-corrected chi connectivity index (χ2v) is 6.46. The van der Waals surface area contributed by atoms with Gasteiger partial charge in [0.1, 0.15) is 0 Å². The molecule has 0 aliphatic rings. The second kappa shape index (κ2) is 8.76. The van der Waals surface area contributed by atoms with Crippen molar-refractivity contribution in [3.05, 3.63) is 35.4 Å². The summed E-state index contributed by atoms with van der Waals surface area (Å²) in [4.78, 5) is 11.9. The third-order valence-electron chi connectivity index (χ3n) is 3.43. The van der Waals surface area contributed by atoms with Crippen molar-refractivity contribution in [2.24, 2.45) is 5.41 Å². The highest BCUT2D eigenvalue weighted by molar-refractivity contribution is 5.73. The molecule has 124 valence electrons. The van der Waals surface area contributed by atoms with Crippen LogP contribution in [-0.4, -0.2) is 30.9 Å².